The third-order valence-corrected chi connectivity index (χ3v) is 6.73. The third kappa shape index (κ3) is 5.83. The van der Waals surface area contributed by atoms with Gasteiger partial charge in [-0.3, -0.25) is 14.5 Å². The van der Waals surface area contributed by atoms with Crippen molar-refractivity contribution in [3.05, 3.63) is 22.3 Å². The van der Waals surface area contributed by atoms with Gasteiger partial charge in [0.2, 0.25) is 6.79 Å². The van der Waals surface area contributed by atoms with Crippen LogP contribution >= 0.6 is 23.1 Å². The molecule has 0 radical (unpaired) electrons. The Labute approximate surface area is 207 Å². The number of carbonyl (C=O) groups is 4. The summed E-state index contributed by atoms with van der Waals surface area (Å²) < 4.78 is 19.5. The zero-order chi connectivity index (χ0) is 25.5. The Balaban J connectivity index is 1.68. The molecule has 1 aromatic heterocycles. The van der Waals surface area contributed by atoms with Crippen LogP contribution in [0.2, 0.25) is 0 Å². The number of nitrogen functional groups attached to an aromatic ring is 1. The fourth-order valence-electron chi connectivity index (χ4n) is 3.20. The van der Waals surface area contributed by atoms with Crippen molar-refractivity contribution in [3.63, 3.8) is 0 Å². The number of β-lactam (4-membered cyclic amide) rings is 1. The molecule has 1 saturated heterocycles. The summed E-state index contributed by atoms with van der Waals surface area (Å²) in [5, 5.41) is 15.7. The highest BCUT2D eigenvalue weighted by Gasteiger charge is 2.54. The molecule has 1 unspecified atom stereocenters. The lowest BCUT2D eigenvalue weighted by Crippen LogP contribution is -2.71. The van der Waals surface area contributed by atoms with Crippen LogP contribution in [0, 0.1) is 0 Å². The van der Waals surface area contributed by atoms with Crippen LogP contribution in [-0.4, -0.2) is 89.0 Å². The number of anilines is 1. The highest BCUT2D eigenvalue weighted by Crippen LogP contribution is 2.40. The average molecular weight is 530 g/mol. The van der Waals surface area contributed by atoms with Crippen LogP contribution in [0.5, 0.6) is 0 Å². The van der Waals surface area contributed by atoms with E-state index in [0.717, 1.165) is 11.3 Å². The molecule has 2 amide bonds. The zero-order valence-electron chi connectivity index (χ0n) is 18.7. The van der Waals surface area contributed by atoms with Crippen LogP contribution in [0.1, 0.15) is 19.0 Å². The largest absolute Gasteiger partial charge is 0.511 e. The number of amides is 2. The first kappa shape index (κ1) is 26.2. The Kier molecular flexibility index (Phi) is 8.89. The molecular formula is C19H23N5O9S2. The number of oxime groups is 1. The van der Waals surface area contributed by atoms with Crippen molar-refractivity contribution >= 4 is 57.9 Å². The Bertz CT molecular complexity index is 1060. The number of thioether (sulfide) groups is 1. The molecule has 2 aliphatic heterocycles. The van der Waals surface area contributed by atoms with Crippen molar-refractivity contribution in [1.29, 1.82) is 0 Å². The van der Waals surface area contributed by atoms with E-state index in [0.29, 0.717) is 17.7 Å². The van der Waals surface area contributed by atoms with Gasteiger partial charge in [-0.25, -0.2) is 14.6 Å². The molecule has 0 saturated carbocycles. The van der Waals surface area contributed by atoms with E-state index >= 15 is 0 Å². The number of hydrogen-bond acceptors (Lipinski definition) is 14. The molecule has 3 heterocycles. The molecule has 2 aliphatic rings. The standard InChI is InChI=1S/C19H23N5O9S2/c1-3-4-31-19(28)33-8-32-17(27)13-9(5-30-2)6-34-16-12(15(26)24(13)16)22-14(25)11(23-29)10-7-35-18(20)21-10/h7,12,16,29H,3-6,8H2,1-2H3,(H2,20,21)(H,22,25)/t12?,16-/m0/s1. The van der Waals surface area contributed by atoms with Gasteiger partial charge in [-0.15, -0.1) is 23.1 Å². The molecule has 1 aromatic rings. The lowest BCUT2D eigenvalue weighted by Gasteiger charge is -2.49. The van der Waals surface area contributed by atoms with Crippen molar-refractivity contribution in [2.75, 3.05) is 38.6 Å². The van der Waals surface area contributed by atoms with Crippen LogP contribution in [-0.2, 0) is 33.3 Å². The predicted octanol–water partition coefficient (Wildman–Crippen LogP) is 0.268. The van der Waals surface area contributed by atoms with Gasteiger partial charge in [0.1, 0.15) is 22.8 Å². The number of thiazole rings is 1. The molecule has 1 fully saturated rings. The van der Waals surface area contributed by atoms with Crippen molar-refractivity contribution in [1.82, 2.24) is 15.2 Å². The van der Waals surface area contributed by atoms with Gasteiger partial charge in [0.15, 0.2) is 10.8 Å². The molecule has 0 aliphatic carbocycles. The minimum absolute atomic E-state index is 0.0523. The average Bonchev–Trinajstić information content (AvgIpc) is 3.27. The van der Waals surface area contributed by atoms with Crippen molar-refractivity contribution in [3.8, 4) is 0 Å². The van der Waals surface area contributed by atoms with E-state index in [-0.39, 0.29) is 29.7 Å². The summed E-state index contributed by atoms with van der Waals surface area (Å²) in [5.74, 6) is -2.03. The summed E-state index contributed by atoms with van der Waals surface area (Å²) in [7, 11) is 1.43. The molecular weight excluding hydrogens is 506 g/mol. The summed E-state index contributed by atoms with van der Waals surface area (Å²) >= 11 is 2.35. The van der Waals surface area contributed by atoms with Gasteiger partial charge in [-0.1, -0.05) is 12.1 Å². The number of ether oxygens (including phenoxy) is 4. The lowest BCUT2D eigenvalue weighted by molar-refractivity contribution is -0.157. The highest BCUT2D eigenvalue weighted by atomic mass is 32.2. The molecule has 35 heavy (non-hydrogen) atoms. The molecule has 3 rings (SSSR count). The van der Waals surface area contributed by atoms with E-state index in [1.807, 2.05) is 0 Å². The van der Waals surface area contributed by atoms with E-state index in [4.69, 9.17) is 19.9 Å². The number of carbonyl (C=O) groups excluding carboxylic acids is 4. The number of nitrogens with one attached hydrogen (secondary N) is 1. The smallest absolute Gasteiger partial charge is 0.434 e. The Hall–Kier alpha value is -3.37. The van der Waals surface area contributed by atoms with Gasteiger partial charge in [0, 0.05) is 18.2 Å². The Morgan fingerprint density at radius 1 is 1.34 bits per heavy atom. The van der Waals surface area contributed by atoms with Crippen LogP contribution in [0.15, 0.2) is 21.8 Å². The van der Waals surface area contributed by atoms with Gasteiger partial charge in [-0.2, -0.15) is 0 Å². The Morgan fingerprint density at radius 2 is 2.11 bits per heavy atom. The normalized spacial score (nSPS) is 19.5. The molecule has 2 atom stereocenters. The fraction of sp³-hybridized carbons (Fsp3) is 0.474. The highest BCUT2D eigenvalue weighted by molar-refractivity contribution is 8.00. The second-order valence-electron chi connectivity index (χ2n) is 7.06. The minimum Gasteiger partial charge on any atom is -0.434 e. The number of fused-ring (bicyclic) bond motifs is 1. The number of esters is 1. The molecule has 0 bridgehead atoms. The van der Waals surface area contributed by atoms with E-state index in [2.05, 4.69) is 20.2 Å². The first-order valence-electron chi connectivity index (χ1n) is 10.2. The summed E-state index contributed by atoms with van der Waals surface area (Å²) in [6.07, 6.45) is -0.395. The van der Waals surface area contributed by atoms with E-state index in [1.54, 1.807) is 6.92 Å². The van der Waals surface area contributed by atoms with Crippen LogP contribution in [0.3, 0.4) is 0 Å². The molecule has 0 aromatic carbocycles. The molecule has 14 nitrogen and oxygen atoms in total. The topological polar surface area (TPSA) is 192 Å². The van der Waals surface area contributed by atoms with E-state index < -0.39 is 47.9 Å². The number of rotatable bonds is 10. The molecule has 190 valence electrons. The zero-order valence-corrected chi connectivity index (χ0v) is 20.3. The lowest BCUT2D eigenvalue weighted by atomic mass is 10.0. The molecule has 4 N–H and O–H groups in total. The summed E-state index contributed by atoms with van der Waals surface area (Å²) in [5.41, 5.74) is 5.63. The van der Waals surface area contributed by atoms with Crippen LogP contribution in [0.25, 0.3) is 0 Å². The summed E-state index contributed by atoms with van der Waals surface area (Å²) in [6, 6.07) is -1.01. The van der Waals surface area contributed by atoms with Crippen molar-refractivity contribution < 1.29 is 43.3 Å². The Morgan fingerprint density at radius 3 is 2.74 bits per heavy atom. The predicted molar refractivity (Wildman–Crippen MR) is 122 cm³/mol. The first-order chi connectivity index (χ1) is 16.8. The quantitative estimate of drug-likeness (QED) is 0.0937. The van der Waals surface area contributed by atoms with Gasteiger partial charge < -0.3 is 35.2 Å². The molecule has 0 spiro atoms. The second kappa shape index (κ2) is 11.9. The van der Waals surface area contributed by atoms with Gasteiger partial charge in [0.05, 0.1) is 13.2 Å². The summed E-state index contributed by atoms with van der Waals surface area (Å²) in [4.78, 5) is 54.8. The maximum atomic E-state index is 12.9. The van der Waals surface area contributed by atoms with Crippen molar-refractivity contribution in [2.45, 2.75) is 24.8 Å². The number of aromatic nitrogens is 1. The minimum atomic E-state index is -1.01. The second-order valence-corrected chi connectivity index (χ2v) is 9.05. The molecule has 16 heteroatoms. The number of hydrogen-bond donors (Lipinski definition) is 3. The number of nitrogens with two attached hydrogens (primary N) is 1. The van der Waals surface area contributed by atoms with E-state index in [9.17, 15) is 24.4 Å². The monoisotopic (exact) mass is 529 g/mol. The number of methoxy groups -OCH3 is 1. The number of nitrogens with zero attached hydrogens (tertiary/aromatic N) is 3. The fourth-order valence-corrected chi connectivity index (χ4v) is 5.08. The first-order valence-corrected chi connectivity index (χ1v) is 12.1. The summed E-state index contributed by atoms with van der Waals surface area (Å²) in [6.45, 7) is 1.30. The maximum Gasteiger partial charge on any atom is 0.511 e. The van der Waals surface area contributed by atoms with Crippen LogP contribution in [0.4, 0.5) is 9.93 Å². The van der Waals surface area contributed by atoms with Crippen LogP contribution < -0.4 is 11.1 Å². The van der Waals surface area contributed by atoms with E-state index in [1.165, 1.54) is 29.2 Å². The van der Waals surface area contributed by atoms with Gasteiger partial charge in [0.25, 0.3) is 11.8 Å². The third-order valence-electron chi connectivity index (χ3n) is 4.72. The van der Waals surface area contributed by atoms with Crippen molar-refractivity contribution in [2.24, 2.45) is 5.16 Å². The maximum absolute atomic E-state index is 12.9. The van der Waals surface area contributed by atoms with Gasteiger partial charge in [-0.05, 0) is 12.0 Å². The van der Waals surface area contributed by atoms with Gasteiger partial charge >= 0.3 is 12.1 Å². The SMILES string of the molecule is CCCOC(=O)OCOC(=O)C1=C(COC)CS[C@H]2C(NC(=O)C(=NO)c3csc(N)n3)C(=O)N12.